The van der Waals surface area contributed by atoms with Gasteiger partial charge in [0, 0.05) is 0 Å². The molecule has 1 amide bonds. The molecular formula is C10H11NO2S. The molecule has 1 N–H and O–H groups in total. The van der Waals surface area contributed by atoms with Gasteiger partial charge in [0.2, 0.25) is 0 Å². The van der Waals surface area contributed by atoms with Gasteiger partial charge in [-0.3, -0.25) is 4.79 Å². The van der Waals surface area contributed by atoms with Crippen LogP contribution in [0.2, 0.25) is 0 Å². The van der Waals surface area contributed by atoms with E-state index in [-0.39, 0.29) is 0 Å². The van der Waals surface area contributed by atoms with Gasteiger partial charge >= 0.3 is 0 Å². The Morgan fingerprint density at radius 3 is 2.57 bits per heavy atom. The Morgan fingerprint density at radius 2 is 2.07 bits per heavy atom. The number of rotatable bonds is 3. The number of nitrogens with one attached hydrogen (secondary N) is 1. The number of carbonyl (C=O) groups is 1. The summed E-state index contributed by atoms with van der Waals surface area (Å²) in [5, 5.41) is 0. The van der Waals surface area contributed by atoms with E-state index in [1.165, 1.54) is 0 Å². The number of aryl methyl sites for hydroxylation is 1. The van der Waals surface area contributed by atoms with E-state index in [9.17, 15) is 9.35 Å². The third-order valence-corrected chi connectivity index (χ3v) is 2.70. The highest BCUT2D eigenvalue weighted by Gasteiger charge is 2.12. The molecule has 0 spiro atoms. The highest BCUT2D eigenvalue weighted by molar-refractivity contribution is 7.90. The smallest absolute Gasteiger partial charge is 0.284 e. The van der Waals surface area contributed by atoms with Crippen molar-refractivity contribution in [2.24, 2.45) is 0 Å². The Morgan fingerprint density at radius 1 is 1.50 bits per heavy atom. The minimum Gasteiger partial charge on any atom is -0.588 e. The summed E-state index contributed by atoms with van der Waals surface area (Å²) in [5.74, 6) is -0.441. The van der Waals surface area contributed by atoms with Gasteiger partial charge < -0.3 is 4.55 Å². The second-order valence-electron chi connectivity index (χ2n) is 2.75. The number of hydrogen-bond donors (Lipinski definition) is 1. The minimum absolute atomic E-state index is 0.441. The van der Waals surface area contributed by atoms with Crippen LogP contribution in [-0.2, 0) is 16.2 Å². The van der Waals surface area contributed by atoms with Gasteiger partial charge in [0.05, 0.1) is 0 Å². The highest BCUT2D eigenvalue weighted by atomic mass is 32.2. The van der Waals surface area contributed by atoms with Gasteiger partial charge in [-0.2, -0.15) is 4.72 Å². The molecule has 74 valence electrons. The molecule has 0 heterocycles. The molecule has 1 unspecified atom stereocenters. The molecule has 0 aliphatic carbocycles. The van der Waals surface area contributed by atoms with E-state index in [0.29, 0.717) is 4.90 Å². The van der Waals surface area contributed by atoms with Crippen molar-refractivity contribution in [3.8, 4) is 0 Å². The molecule has 0 aliphatic rings. The predicted octanol–water partition coefficient (Wildman–Crippen LogP) is 1.32. The lowest BCUT2D eigenvalue weighted by molar-refractivity contribution is -0.114. The summed E-state index contributed by atoms with van der Waals surface area (Å²) >= 11 is -1.49. The van der Waals surface area contributed by atoms with Crippen LogP contribution in [0.4, 0.5) is 0 Å². The number of amides is 1. The van der Waals surface area contributed by atoms with Crippen LogP contribution in [0.25, 0.3) is 0 Å². The zero-order valence-corrected chi connectivity index (χ0v) is 8.64. The van der Waals surface area contributed by atoms with Crippen molar-refractivity contribution in [1.82, 2.24) is 4.72 Å². The van der Waals surface area contributed by atoms with E-state index in [1.807, 2.05) is 19.1 Å². The summed E-state index contributed by atoms with van der Waals surface area (Å²) in [6, 6.07) is 7.12. The molecule has 0 fully saturated rings. The Kier molecular flexibility index (Phi) is 3.73. The first-order valence-corrected chi connectivity index (χ1v) is 5.20. The molecule has 0 aromatic heterocycles. The van der Waals surface area contributed by atoms with Crippen molar-refractivity contribution in [3.05, 3.63) is 42.5 Å². The zero-order chi connectivity index (χ0) is 10.6. The summed E-state index contributed by atoms with van der Waals surface area (Å²) in [4.78, 5) is 11.4. The highest BCUT2D eigenvalue weighted by Crippen LogP contribution is 2.09. The molecule has 14 heavy (non-hydrogen) atoms. The lowest BCUT2D eigenvalue weighted by Gasteiger charge is -2.08. The van der Waals surface area contributed by atoms with Crippen LogP contribution in [0.1, 0.15) is 5.56 Å². The maximum Gasteiger partial charge on any atom is 0.284 e. The van der Waals surface area contributed by atoms with Crippen LogP contribution < -0.4 is 4.72 Å². The van der Waals surface area contributed by atoms with Crippen LogP contribution in [0.5, 0.6) is 0 Å². The molecule has 0 saturated carbocycles. The summed E-state index contributed by atoms with van der Waals surface area (Å²) in [6.07, 6.45) is 1.09. The van der Waals surface area contributed by atoms with E-state index in [1.54, 1.807) is 12.1 Å². The molecule has 1 aromatic carbocycles. The average Bonchev–Trinajstić information content (AvgIpc) is 2.18. The van der Waals surface area contributed by atoms with Gasteiger partial charge in [0.15, 0.2) is 4.90 Å². The van der Waals surface area contributed by atoms with Gasteiger partial charge in [0.25, 0.3) is 5.91 Å². The average molecular weight is 209 g/mol. The van der Waals surface area contributed by atoms with Crippen molar-refractivity contribution in [1.29, 1.82) is 0 Å². The Labute approximate surface area is 86.1 Å². The maximum atomic E-state index is 11.5. The van der Waals surface area contributed by atoms with Crippen LogP contribution in [0, 0.1) is 6.92 Å². The summed E-state index contributed by atoms with van der Waals surface area (Å²) < 4.78 is 13.7. The van der Waals surface area contributed by atoms with Crippen LogP contribution in [-0.4, -0.2) is 10.5 Å². The molecule has 0 saturated heterocycles. The SMILES string of the molecule is C=CC(=O)N[S+]([O-])c1ccc(C)cc1. The molecule has 0 aliphatic heterocycles. The van der Waals surface area contributed by atoms with Crippen molar-refractivity contribution >= 4 is 17.3 Å². The lowest BCUT2D eigenvalue weighted by atomic mass is 10.2. The molecule has 1 atom stereocenters. The second kappa shape index (κ2) is 4.83. The van der Waals surface area contributed by atoms with E-state index in [4.69, 9.17) is 0 Å². The van der Waals surface area contributed by atoms with Gasteiger partial charge in [0.1, 0.15) is 11.4 Å². The van der Waals surface area contributed by atoms with Gasteiger partial charge in [-0.25, -0.2) is 0 Å². The second-order valence-corrected chi connectivity index (χ2v) is 3.97. The molecule has 4 heteroatoms. The monoisotopic (exact) mass is 209 g/mol. The van der Waals surface area contributed by atoms with E-state index in [0.717, 1.165) is 11.6 Å². The fourth-order valence-corrected chi connectivity index (χ4v) is 1.62. The van der Waals surface area contributed by atoms with E-state index >= 15 is 0 Å². The Hall–Kier alpha value is -1.26. The van der Waals surface area contributed by atoms with Crippen molar-refractivity contribution in [2.45, 2.75) is 11.8 Å². The van der Waals surface area contributed by atoms with Crippen LogP contribution in [0.3, 0.4) is 0 Å². The maximum absolute atomic E-state index is 11.5. The normalized spacial score (nSPS) is 11.9. The minimum atomic E-state index is -1.49. The lowest BCUT2D eigenvalue weighted by Crippen LogP contribution is -2.28. The third-order valence-electron chi connectivity index (χ3n) is 1.61. The first-order valence-electron chi connectivity index (χ1n) is 4.05. The number of hydrogen-bond acceptors (Lipinski definition) is 2. The number of carbonyl (C=O) groups excluding carboxylic acids is 1. The Bertz CT molecular complexity index is 334. The standard InChI is InChI=1S/C10H11NO2S/c1-3-10(12)11-14(13)9-6-4-8(2)5-7-9/h3-7H,1H2,2H3,(H,11,12). The summed E-state index contributed by atoms with van der Waals surface area (Å²) in [6.45, 7) is 5.21. The van der Waals surface area contributed by atoms with Crippen LogP contribution in [0.15, 0.2) is 41.8 Å². The number of benzene rings is 1. The van der Waals surface area contributed by atoms with E-state index in [2.05, 4.69) is 11.3 Å². The Balaban J connectivity index is 2.69. The quantitative estimate of drug-likeness (QED) is 0.603. The van der Waals surface area contributed by atoms with Crippen molar-refractivity contribution < 1.29 is 9.35 Å². The first-order chi connectivity index (χ1) is 6.63. The van der Waals surface area contributed by atoms with Crippen molar-refractivity contribution in [3.63, 3.8) is 0 Å². The van der Waals surface area contributed by atoms with Gasteiger partial charge in [-0.15, -0.1) is 0 Å². The van der Waals surface area contributed by atoms with Gasteiger partial charge in [-0.1, -0.05) is 24.3 Å². The van der Waals surface area contributed by atoms with Crippen molar-refractivity contribution in [2.75, 3.05) is 0 Å². The topological polar surface area (TPSA) is 52.2 Å². The molecule has 3 nitrogen and oxygen atoms in total. The largest absolute Gasteiger partial charge is 0.588 e. The molecular weight excluding hydrogens is 198 g/mol. The van der Waals surface area contributed by atoms with Gasteiger partial charge in [-0.05, 0) is 25.1 Å². The molecule has 1 aromatic rings. The molecule has 0 radical (unpaired) electrons. The first kappa shape index (κ1) is 10.8. The molecule has 1 rings (SSSR count). The summed E-state index contributed by atoms with van der Waals surface area (Å²) in [5.41, 5.74) is 1.08. The fraction of sp³-hybridized carbons (Fsp3) is 0.100. The van der Waals surface area contributed by atoms with Crippen LogP contribution >= 0.6 is 0 Å². The van der Waals surface area contributed by atoms with E-state index < -0.39 is 17.3 Å². The predicted molar refractivity (Wildman–Crippen MR) is 55.9 cm³/mol. The zero-order valence-electron chi connectivity index (χ0n) is 7.82. The third kappa shape index (κ3) is 2.90. The summed E-state index contributed by atoms with van der Waals surface area (Å²) in [7, 11) is 0. The fourth-order valence-electron chi connectivity index (χ4n) is 0.854. The molecule has 0 bridgehead atoms.